The summed E-state index contributed by atoms with van der Waals surface area (Å²) in [6.07, 6.45) is 1.38. The van der Waals surface area contributed by atoms with Gasteiger partial charge in [0.2, 0.25) is 0 Å². The van der Waals surface area contributed by atoms with E-state index in [1.165, 1.54) is 0 Å². The molecule has 2 unspecified atom stereocenters. The fourth-order valence-corrected chi connectivity index (χ4v) is 2.21. The predicted octanol–water partition coefficient (Wildman–Crippen LogP) is 1.85. The summed E-state index contributed by atoms with van der Waals surface area (Å²) in [6, 6.07) is 0. The molecule has 4 nitrogen and oxygen atoms in total. The molecule has 2 heterocycles. The van der Waals surface area contributed by atoms with E-state index in [4.69, 9.17) is 17.0 Å². The van der Waals surface area contributed by atoms with E-state index < -0.39 is 0 Å². The molecule has 2 atom stereocenters. The van der Waals surface area contributed by atoms with Crippen LogP contribution in [0.1, 0.15) is 32.0 Å². The summed E-state index contributed by atoms with van der Waals surface area (Å²) in [6.45, 7) is 5.81. The highest BCUT2D eigenvalue weighted by Crippen LogP contribution is 2.27. The first-order valence-corrected chi connectivity index (χ1v) is 5.40. The van der Waals surface area contributed by atoms with Gasteiger partial charge < -0.3 is 9.30 Å². The van der Waals surface area contributed by atoms with E-state index in [2.05, 4.69) is 24.0 Å². The van der Waals surface area contributed by atoms with Gasteiger partial charge in [-0.05, 0) is 32.5 Å². The lowest BCUT2D eigenvalue weighted by Crippen LogP contribution is -2.08. The smallest absolute Gasteiger partial charge is 0.195 e. The molecule has 0 spiro atoms. The van der Waals surface area contributed by atoms with Crippen LogP contribution in [-0.4, -0.2) is 27.5 Å². The molecule has 0 aliphatic carbocycles. The van der Waals surface area contributed by atoms with E-state index in [1.54, 1.807) is 0 Å². The second kappa shape index (κ2) is 3.82. The Morgan fingerprint density at radius 2 is 2.50 bits per heavy atom. The van der Waals surface area contributed by atoms with Gasteiger partial charge in [-0.25, -0.2) is 0 Å². The van der Waals surface area contributed by atoms with Crippen LogP contribution in [-0.2, 0) is 11.3 Å². The quantitative estimate of drug-likeness (QED) is 0.762. The molecule has 14 heavy (non-hydrogen) atoms. The molecule has 1 N–H and O–H groups in total. The van der Waals surface area contributed by atoms with Gasteiger partial charge in [0.1, 0.15) is 5.82 Å². The lowest BCUT2D eigenvalue weighted by Gasteiger charge is -2.07. The molecule has 1 aromatic heterocycles. The normalized spacial score (nSPS) is 27.0. The summed E-state index contributed by atoms with van der Waals surface area (Å²) in [4.78, 5) is 0. The van der Waals surface area contributed by atoms with E-state index in [1.807, 2.05) is 4.57 Å². The van der Waals surface area contributed by atoms with Gasteiger partial charge in [0, 0.05) is 12.5 Å². The molecule has 0 radical (unpaired) electrons. The largest absolute Gasteiger partial charge is 0.378 e. The molecule has 1 aromatic rings. The summed E-state index contributed by atoms with van der Waals surface area (Å²) < 4.78 is 8.28. The molecule has 1 saturated heterocycles. The SMILES string of the molecule is CCn1c(C2COC(C)C2)n[nH]c1=S. The van der Waals surface area contributed by atoms with Crippen molar-refractivity contribution in [2.45, 2.75) is 38.8 Å². The van der Waals surface area contributed by atoms with Crippen molar-refractivity contribution >= 4 is 12.2 Å². The summed E-state index contributed by atoms with van der Waals surface area (Å²) in [7, 11) is 0. The van der Waals surface area contributed by atoms with Gasteiger partial charge in [-0.15, -0.1) is 0 Å². The number of H-pyrrole nitrogens is 1. The Labute approximate surface area is 88.3 Å². The van der Waals surface area contributed by atoms with E-state index >= 15 is 0 Å². The van der Waals surface area contributed by atoms with Crippen LogP contribution in [0, 0.1) is 4.77 Å². The van der Waals surface area contributed by atoms with Crippen molar-refractivity contribution in [3.05, 3.63) is 10.6 Å². The minimum absolute atomic E-state index is 0.343. The molecule has 1 aliphatic heterocycles. The van der Waals surface area contributed by atoms with Crippen LogP contribution in [0.15, 0.2) is 0 Å². The minimum Gasteiger partial charge on any atom is -0.378 e. The molecule has 78 valence electrons. The van der Waals surface area contributed by atoms with Crippen molar-refractivity contribution in [2.24, 2.45) is 0 Å². The zero-order chi connectivity index (χ0) is 10.1. The molecule has 2 rings (SSSR count). The third kappa shape index (κ3) is 1.62. The molecule has 0 aromatic carbocycles. The molecule has 0 bridgehead atoms. The van der Waals surface area contributed by atoms with Gasteiger partial charge in [-0.3, -0.25) is 5.10 Å². The van der Waals surface area contributed by atoms with Gasteiger partial charge in [-0.1, -0.05) is 0 Å². The van der Waals surface area contributed by atoms with Gasteiger partial charge in [0.05, 0.1) is 12.7 Å². The lowest BCUT2D eigenvalue weighted by atomic mass is 10.1. The van der Waals surface area contributed by atoms with E-state index in [0.29, 0.717) is 16.8 Å². The third-order valence-corrected chi connectivity index (χ3v) is 2.98. The summed E-state index contributed by atoms with van der Waals surface area (Å²) in [5, 5.41) is 7.11. The second-order valence-corrected chi connectivity index (χ2v) is 4.09. The number of nitrogens with one attached hydrogen (secondary N) is 1. The topological polar surface area (TPSA) is 42.8 Å². The maximum atomic E-state index is 5.53. The number of aromatic nitrogens is 3. The Kier molecular flexibility index (Phi) is 2.69. The summed E-state index contributed by atoms with van der Waals surface area (Å²) in [5.41, 5.74) is 0. The van der Waals surface area contributed by atoms with Crippen LogP contribution in [0.25, 0.3) is 0 Å². The number of hydrogen-bond acceptors (Lipinski definition) is 3. The molecular formula is C9H15N3OS. The van der Waals surface area contributed by atoms with Crippen LogP contribution in [0.2, 0.25) is 0 Å². The van der Waals surface area contributed by atoms with Crippen LogP contribution < -0.4 is 0 Å². The predicted molar refractivity (Wildman–Crippen MR) is 55.9 cm³/mol. The Morgan fingerprint density at radius 1 is 1.71 bits per heavy atom. The lowest BCUT2D eigenvalue weighted by molar-refractivity contribution is 0.123. The number of nitrogens with zero attached hydrogens (tertiary/aromatic N) is 2. The van der Waals surface area contributed by atoms with Crippen LogP contribution in [0.3, 0.4) is 0 Å². The number of ether oxygens (including phenoxy) is 1. The fourth-order valence-electron chi connectivity index (χ4n) is 1.94. The molecule has 1 aliphatic rings. The highest BCUT2D eigenvalue weighted by atomic mass is 32.1. The Balaban J connectivity index is 2.28. The number of rotatable bonds is 2. The minimum atomic E-state index is 0.343. The van der Waals surface area contributed by atoms with E-state index in [0.717, 1.165) is 25.4 Å². The van der Waals surface area contributed by atoms with Crippen LogP contribution in [0.4, 0.5) is 0 Å². The molecule has 0 saturated carbocycles. The average Bonchev–Trinajstić information content (AvgIpc) is 2.71. The summed E-state index contributed by atoms with van der Waals surface area (Å²) >= 11 is 5.14. The maximum absolute atomic E-state index is 5.53. The monoisotopic (exact) mass is 213 g/mol. The second-order valence-electron chi connectivity index (χ2n) is 3.71. The maximum Gasteiger partial charge on any atom is 0.195 e. The van der Waals surface area contributed by atoms with Crippen LogP contribution >= 0.6 is 12.2 Å². The Morgan fingerprint density at radius 3 is 3.07 bits per heavy atom. The third-order valence-electron chi connectivity index (χ3n) is 2.67. The highest BCUT2D eigenvalue weighted by Gasteiger charge is 2.27. The standard InChI is InChI=1S/C9H15N3OS/c1-3-12-8(10-11-9(12)14)7-4-6(2)13-5-7/h6-7H,3-5H2,1-2H3,(H,11,14). The zero-order valence-electron chi connectivity index (χ0n) is 8.49. The Hall–Kier alpha value is -0.680. The van der Waals surface area contributed by atoms with Gasteiger partial charge in [0.15, 0.2) is 4.77 Å². The van der Waals surface area contributed by atoms with Crippen molar-refractivity contribution in [1.29, 1.82) is 0 Å². The summed E-state index contributed by atoms with van der Waals surface area (Å²) in [5.74, 6) is 1.44. The van der Waals surface area contributed by atoms with E-state index in [9.17, 15) is 0 Å². The van der Waals surface area contributed by atoms with Crippen LogP contribution in [0.5, 0.6) is 0 Å². The van der Waals surface area contributed by atoms with E-state index in [-0.39, 0.29) is 0 Å². The highest BCUT2D eigenvalue weighted by molar-refractivity contribution is 7.71. The molecule has 1 fully saturated rings. The first-order valence-electron chi connectivity index (χ1n) is 4.99. The van der Waals surface area contributed by atoms with Gasteiger partial charge >= 0.3 is 0 Å². The number of hydrogen-bond donors (Lipinski definition) is 1. The van der Waals surface area contributed by atoms with Crippen molar-refractivity contribution in [3.63, 3.8) is 0 Å². The Bertz CT molecular complexity index is 370. The molecular weight excluding hydrogens is 198 g/mol. The van der Waals surface area contributed by atoms with Gasteiger partial charge in [0.25, 0.3) is 0 Å². The van der Waals surface area contributed by atoms with Crippen molar-refractivity contribution in [2.75, 3.05) is 6.61 Å². The first kappa shape index (κ1) is 9.86. The van der Waals surface area contributed by atoms with Crippen molar-refractivity contribution < 1.29 is 4.74 Å². The zero-order valence-corrected chi connectivity index (χ0v) is 9.30. The van der Waals surface area contributed by atoms with Crippen molar-refractivity contribution in [3.8, 4) is 0 Å². The molecule has 0 amide bonds. The molecule has 5 heteroatoms. The van der Waals surface area contributed by atoms with Crippen molar-refractivity contribution in [1.82, 2.24) is 14.8 Å². The average molecular weight is 213 g/mol. The fraction of sp³-hybridized carbons (Fsp3) is 0.778. The van der Waals surface area contributed by atoms with Gasteiger partial charge in [-0.2, -0.15) is 5.10 Å². The number of aromatic amines is 1. The first-order chi connectivity index (χ1) is 6.72.